The summed E-state index contributed by atoms with van der Waals surface area (Å²) in [6.07, 6.45) is 0.336. The predicted octanol–water partition coefficient (Wildman–Crippen LogP) is 4.37. The van der Waals surface area contributed by atoms with Crippen LogP contribution < -0.4 is 0 Å². The summed E-state index contributed by atoms with van der Waals surface area (Å²) in [7, 11) is 1.81. The molecule has 0 aliphatic carbocycles. The number of benzene rings is 1. The van der Waals surface area contributed by atoms with E-state index in [-0.39, 0.29) is 5.91 Å². The molecule has 100 valence electrons. The molecule has 2 nitrogen and oxygen atoms in total. The lowest BCUT2D eigenvalue weighted by molar-refractivity contribution is -0.129. The normalized spacial score (nSPS) is 10.5. The molecule has 0 spiro atoms. The summed E-state index contributed by atoms with van der Waals surface area (Å²) in [5.74, 6) is 0.0672. The zero-order valence-corrected chi connectivity index (χ0v) is 13.6. The highest BCUT2D eigenvalue weighted by Crippen LogP contribution is 2.23. The van der Waals surface area contributed by atoms with Crippen molar-refractivity contribution in [2.45, 2.75) is 13.0 Å². The standard InChI is InChI=1S/C14H13BrClNOS/c1-17(9-11-6-7-13(15)19-11)14(18)8-10-4-2-3-5-12(10)16/h2-7H,8-9H2,1H3. The number of carbonyl (C=O) groups is 1. The second-order valence-electron chi connectivity index (χ2n) is 4.22. The molecule has 2 rings (SSSR count). The zero-order valence-electron chi connectivity index (χ0n) is 10.4. The van der Waals surface area contributed by atoms with Crippen LogP contribution in [0.5, 0.6) is 0 Å². The molecule has 1 amide bonds. The van der Waals surface area contributed by atoms with Crippen LogP contribution in [0, 0.1) is 0 Å². The summed E-state index contributed by atoms with van der Waals surface area (Å²) in [4.78, 5) is 15.0. The number of halogens is 2. The van der Waals surface area contributed by atoms with Crippen LogP contribution in [0.3, 0.4) is 0 Å². The Bertz CT molecular complexity index is 584. The van der Waals surface area contributed by atoms with Crippen molar-refractivity contribution < 1.29 is 4.79 Å². The molecule has 19 heavy (non-hydrogen) atoms. The average Bonchev–Trinajstić information content (AvgIpc) is 2.77. The first-order chi connectivity index (χ1) is 9.06. The first-order valence-electron chi connectivity index (χ1n) is 5.78. The van der Waals surface area contributed by atoms with E-state index in [1.54, 1.807) is 22.3 Å². The maximum absolute atomic E-state index is 12.1. The first-order valence-corrected chi connectivity index (χ1v) is 7.76. The number of likely N-dealkylation sites (N-methyl/N-ethyl adjacent to an activating group) is 1. The largest absolute Gasteiger partial charge is 0.340 e. The lowest BCUT2D eigenvalue weighted by Crippen LogP contribution is -2.27. The molecule has 0 unspecified atom stereocenters. The summed E-state index contributed by atoms with van der Waals surface area (Å²) in [6.45, 7) is 0.625. The Morgan fingerprint density at radius 3 is 2.68 bits per heavy atom. The molecule has 0 N–H and O–H groups in total. The molecule has 0 aliphatic rings. The molecular weight excluding hydrogens is 346 g/mol. The summed E-state index contributed by atoms with van der Waals surface area (Å²) >= 11 is 11.1. The van der Waals surface area contributed by atoms with Crippen molar-refractivity contribution in [3.63, 3.8) is 0 Å². The summed E-state index contributed by atoms with van der Waals surface area (Å²) in [5.41, 5.74) is 0.869. The molecule has 0 saturated carbocycles. The molecule has 0 fully saturated rings. The Balaban J connectivity index is 1.98. The van der Waals surface area contributed by atoms with Crippen LogP contribution in [0.15, 0.2) is 40.2 Å². The van der Waals surface area contributed by atoms with Gasteiger partial charge in [0.15, 0.2) is 0 Å². The Labute approximate surface area is 130 Å². The quantitative estimate of drug-likeness (QED) is 0.795. The molecule has 1 heterocycles. The number of rotatable bonds is 4. The van der Waals surface area contributed by atoms with E-state index in [1.807, 2.05) is 37.4 Å². The van der Waals surface area contributed by atoms with Crippen LogP contribution in [0.4, 0.5) is 0 Å². The van der Waals surface area contributed by atoms with E-state index >= 15 is 0 Å². The molecule has 2 aromatic rings. The van der Waals surface area contributed by atoms with Gasteiger partial charge in [-0.1, -0.05) is 29.8 Å². The van der Waals surface area contributed by atoms with Crippen LogP contribution in [0.1, 0.15) is 10.4 Å². The molecule has 0 radical (unpaired) electrons. The van der Waals surface area contributed by atoms with Gasteiger partial charge in [-0.2, -0.15) is 0 Å². The van der Waals surface area contributed by atoms with Gasteiger partial charge in [-0.25, -0.2) is 0 Å². The molecule has 0 bridgehead atoms. The van der Waals surface area contributed by atoms with E-state index in [0.29, 0.717) is 18.0 Å². The van der Waals surface area contributed by atoms with Crippen molar-refractivity contribution >= 4 is 44.8 Å². The lowest BCUT2D eigenvalue weighted by Gasteiger charge is -2.16. The highest BCUT2D eigenvalue weighted by molar-refractivity contribution is 9.11. The maximum atomic E-state index is 12.1. The van der Waals surface area contributed by atoms with Gasteiger partial charge in [0.25, 0.3) is 0 Å². The molecule has 1 aromatic carbocycles. The highest BCUT2D eigenvalue weighted by atomic mass is 79.9. The van der Waals surface area contributed by atoms with Crippen molar-refractivity contribution in [3.05, 3.63) is 55.6 Å². The SMILES string of the molecule is CN(Cc1ccc(Br)s1)C(=O)Cc1ccccc1Cl. The highest BCUT2D eigenvalue weighted by Gasteiger charge is 2.12. The minimum Gasteiger partial charge on any atom is -0.340 e. The van der Waals surface area contributed by atoms with Crippen molar-refractivity contribution in [3.8, 4) is 0 Å². The monoisotopic (exact) mass is 357 g/mol. The maximum Gasteiger partial charge on any atom is 0.227 e. The molecular formula is C14H13BrClNOS. The van der Waals surface area contributed by atoms with Gasteiger partial charge in [0.1, 0.15) is 0 Å². The van der Waals surface area contributed by atoms with Crippen molar-refractivity contribution in [2.75, 3.05) is 7.05 Å². The van der Waals surface area contributed by atoms with Crippen LogP contribution in [-0.4, -0.2) is 17.9 Å². The van der Waals surface area contributed by atoms with Crippen molar-refractivity contribution in [1.82, 2.24) is 4.90 Å². The number of carbonyl (C=O) groups excluding carboxylic acids is 1. The number of thiophene rings is 1. The van der Waals surface area contributed by atoms with Gasteiger partial charge in [0.2, 0.25) is 5.91 Å². The second kappa shape index (κ2) is 6.55. The van der Waals surface area contributed by atoms with E-state index in [0.717, 1.165) is 14.2 Å². The number of amides is 1. The Morgan fingerprint density at radius 1 is 1.32 bits per heavy atom. The van der Waals surface area contributed by atoms with E-state index in [4.69, 9.17) is 11.6 Å². The number of hydrogen-bond donors (Lipinski definition) is 0. The smallest absolute Gasteiger partial charge is 0.227 e. The van der Waals surface area contributed by atoms with Gasteiger partial charge in [0.05, 0.1) is 16.8 Å². The number of hydrogen-bond acceptors (Lipinski definition) is 2. The van der Waals surface area contributed by atoms with Crippen LogP contribution in [0.25, 0.3) is 0 Å². The Hall–Kier alpha value is -0.840. The first kappa shape index (κ1) is 14.6. The number of nitrogens with zero attached hydrogens (tertiary/aromatic N) is 1. The summed E-state index contributed by atoms with van der Waals surface area (Å²) in [6, 6.07) is 11.5. The van der Waals surface area contributed by atoms with Gasteiger partial charge in [0, 0.05) is 16.9 Å². The van der Waals surface area contributed by atoms with Crippen molar-refractivity contribution in [2.24, 2.45) is 0 Å². The van der Waals surface area contributed by atoms with E-state index in [2.05, 4.69) is 15.9 Å². The lowest BCUT2D eigenvalue weighted by atomic mass is 10.1. The summed E-state index contributed by atoms with van der Waals surface area (Å²) < 4.78 is 1.08. The van der Waals surface area contributed by atoms with Crippen LogP contribution in [0.2, 0.25) is 5.02 Å². The van der Waals surface area contributed by atoms with Crippen LogP contribution in [-0.2, 0) is 17.8 Å². The molecule has 0 aliphatic heterocycles. The van der Waals surface area contributed by atoms with Gasteiger partial charge in [-0.15, -0.1) is 11.3 Å². The van der Waals surface area contributed by atoms with E-state index in [9.17, 15) is 4.79 Å². The molecule has 0 saturated heterocycles. The fraction of sp³-hybridized carbons (Fsp3) is 0.214. The van der Waals surface area contributed by atoms with Gasteiger partial charge < -0.3 is 4.90 Å². The fourth-order valence-corrected chi connectivity index (χ4v) is 3.44. The predicted molar refractivity (Wildman–Crippen MR) is 83.6 cm³/mol. The van der Waals surface area contributed by atoms with E-state index in [1.165, 1.54) is 0 Å². The van der Waals surface area contributed by atoms with Crippen molar-refractivity contribution in [1.29, 1.82) is 0 Å². The zero-order chi connectivity index (χ0) is 13.8. The molecule has 0 atom stereocenters. The minimum absolute atomic E-state index is 0.0672. The average molecular weight is 359 g/mol. The summed E-state index contributed by atoms with van der Waals surface area (Å²) in [5, 5.41) is 0.642. The van der Waals surface area contributed by atoms with Gasteiger partial charge >= 0.3 is 0 Å². The minimum atomic E-state index is 0.0672. The third kappa shape index (κ3) is 4.06. The molecule has 1 aromatic heterocycles. The molecule has 5 heteroatoms. The van der Waals surface area contributed by atoms with E-state index < -0.39 is 0 Å². The third-order valence-corrected chi connectivity index (χ3v) is 4.72. The Kier molecular flexibility index (Phi) is 5.02. The third-order valence-electron chi connectivity index (χ3n) is 2.75. The Morgan fingerprint density at radius 2 is 2.05 bits per heavy atom. The van der Waals surface area contributed by atoms with Crippen LogP contribution >= 0.6 is 38.9 Å². The fourth-order valence-electron chi connectivity index (χ4n) is 1.70. The van der Waals surface area contributed by atoms with Gasteiger partial charge in [-0.05, 0) is 39.7 Å². The topological polar surface area (TPSA) is 20.3 Å². The second-order valence-corrected chi connectivity index (χ2v) is 7.18. The van der Waals surface area contributed by atoms with Gasteiger partial charge in [-0.3, -0.25) is 4.79 Å².